The third-order valence-corrected chi connectivity index (χ3v) is 4.85. The van der Waals surface area contributed by atoms with E-state index in [1.54, 1.807) is 18.2 Å². The van der Waals surface area contributed by atoms with Crippen molar-refractivity contribution >= 4 is 28.4 Å². The molecule has 0 saturated carbocycles. The topological polar surface area (TPSA) is 62.1 Å². The Labute approximate surface area is 181 Å². The Bertz CT molecular complexity index is 1270. The van der Waals surface area contributed by atoms with E-state index in [1.165, 1.54) is 0 Å². The van der Waals surface area contributed by atoms with E-state index < -0.39 is 5.91 Å². The van der Waals surface area contributed by atoms with E-state index in [2.05, 4.69) is 5.32 Å². The Hall–Kier alpha value is -4.36. The van der Waals surface area contributed by atoms with E-state index in [9.17, 15) is 10.1 Å². The summed E-state index contributed by atoms with van der Waals surface area (Å²) in [4.78, 5) is 12.7. The van der Waals surface area contributed by atoms with Gasteiger partial charge in [-0.25, -0.2) is 0 Å². The highest BCUT2D eigenvalue weighted by Crippen LogP contribution is 2.31. The van der Waals surface area contributed by atoms with Crippen molar-refractivity contribution in [3.8, 4) is 11.8 Å². The molecule has 0 aliphatic heterocycles. The summed E-state index contributed by atoms with van der Waals surface area (Å²) in [5.74, 6) is 0.151. The van der Waals surface area contributed by atoms with E-state index >= 15 is 0 Å². The van der Waals surface area contributed by atoms with Crippen LogP contribution in [0.25, 0.3) is 16.8 Å². The van der Waals surface area contributed by atoms with E-state index in [1.807, 2.05) is 91.0 Å². The lowest BCUT2D eigenvalue weighted by Gasteiger charge is -2.13. The van der Waals surface area contributed by atoms with Crippen molar-refractivity contribution in [2.75, 3.05) is 5.32 Å². The number of nitriles is 1. The summed E-state index contributed by atoms with van der Waals surface area (Å²) in [7, 11) is 0. The number of nitrogens with one attached hydrogen (secondary N) is 1. The number of para-hydroxylation sites is 1. The molecule has 0 fully saturated rings. The molecule has 0 aliphatic rings. The quantitative estimate of drug-likeness (QED) is 0.318. The monoisotopic (exact) mass is 404 g/mol. The maximum absolute atomic E-state index is 12.7. The van der Waals surface area contributed by atoms with Gasteiger partial charge in [-0.3, -0.25) is 4.79 Å². The van der Waals surface area contributed by atoms with Gasteiger partial charge in [0.15, 0.2) is 0 Å². The number of benzene rings is 4. The van der Waals surface area contributed by atoms with Crippen LogP contribution in [-0.2, 0) is 11.4 Å². The van der Waals surface area contributed by atoms with Gasteiger partial charge in [-0.1, -0.05) is 78.9 Å². The number of fused-ring (bicyclic) bond motifs is 1. The number of rotatable bonds is 6. The molecule has 1 N–H and O–H groups in total. The van der Waals surface area contributed by atoms with Crippen LogP contribution in [0.5, 0.6) is 5.75 Å². The third-order valence-electron chi connectivity index (χ3n) is 4.85. The summed E-state index contributed by atoms with van der Waals surface area (Å²) >= 11 is 0. The van der Waals surface area contributed by atoms with Crippen LogP contribution in [0.3, 0.4) is 0 Å². The molecule has 0 saturated heterocycles. The molecule has 0 unspecified atom stereocenters. The standard InChI is InChI=1S/C27H20N2O2/c28-18-22(27(30)29-23-12-5-2-6-13-23)17-25-24-14-8-7-11-21(24)15-16-26(25)31-19-20-9-3-1-4-10-20/h1-17H,19H2,(H,29,30). The molecule has 0 atom stereocenters. The van der Waals surface area contributed by atoms with Crippen LogP contribution in [0.15, 0.2) is 103 Å². The molecule has 1 amide bonds. The zero-order valence-corrected chi connectivity index (χ0v) is 16.8. The van der Waals surface area contributed by atoms with Crippen molar-refractivity contribution in [3.05, 3.63) is 114 Å². The largest absolute Gasteiger partial charge is 0.488 e. The Kier molecular flexibility index (Phi) is 6.06. The highest BCUT2D eigenvalue weighted by molar-refractivity contribution is 6.11. The lowest BCUT2D eigenvalue weighted by Crippen LogP contribution is -2.13. The Morgan fingerprint density at radius 2 is 1.55 bits per heavy atom. The number of ether oxygens (including phenoxy) is 1. The molecule has 4 rings (SSSR count). The number of carbonyl (C=O) groups excluding carboxylic acids is 1. The summed E-state index contributed by atoms with van der Waals surface area (Å²) in [6.07, 6.45) is 1.60. The van der Waals surface area contributed by atoms with Crippen LogP contribution in [0.2, 0.25) is 0 Å². The maximum Gasteiger partial charge on any atom is 0.266 e. The highest BCUT2D eigenvalue weighted by atomic mass is 16.5. The van der Waals surface area contributed by atoms with Gasteiger partial charge in [0.2, 0.25) is 0 Å². The molecule has 4 aromatic carbocycles. The minimum Gasteiger partial charge on any atom is -0.488 e. The summed E-state index contributed by atoms with van der Waals surface area (Å²) in [6.45, 7) is 0.387. The lowest BCUT2D eigenvalue weighted by atomic mass is 10.0. The summed E-state index contributed by atoms with van der Waals surface area (Å²) < 4.78 is 6.09. The molecule has 0 aliphatic carbocycles. The van der Waals surface area contributed by atoms with Crippen LogP contribution in [0.4, 0.5) is 5.69 Å². The van der Waals surface area contributed by atoms with Crippen molar-refractivity contribution in [3.63, 3.8) is 0 Å². The first-order valence-electron chi connectivity index (χ1n) is 9.91. The molecule has 150 valence electrons. The zero-order chi connectivity index (χ0) is 21.5. The van der Waals surface area contributed by atoms with Crippen LogP contribution >= 0.6 is 0 Å². The molecule has 4 nitrogen and oxygen atoms in total. The molecule has 4 aromatic rings. The van der Waals surface area contributed by atoms with Gasteiger partial charge < -0.3 is 10.1 Å². The highest BCUT2D eigenvalue weighted by Gasteiger charge is 2.14. The molecule has 0 spiro atoms. The average molecular weight is 404 g/mol. The molecule has 0 aromatic heterocycles. The molecule has 31 heavy (non-hydrogen) atoms. The van der Waals surface area contributed by atoms with Gasteiger partial charge in [-0.05, 0) is 40.6 Å². The maximum atomic E-state index is 12.7. The summed E-state index contributed by atoms with van der Waals surface area (Å²) in [5, 5.41) is 14.4. The van der Waals surface area contributed by atoms with Crippen LogP contribution in [-0.4, -0.2) is 5.91 Å². The fourth-order valence-electron chi connectivity index (χ4n) is 3.30. The smallest absolute Gasteiger partial charge is 0.266 e. The third kappa shape index (κ3) is 4.80. The summed E-state index contributed by atoms with van der Waals surface area (Å²) in [6, 6.07) is 32.6. The molecular formula is C27H20N2O2. The van der Waals surface area contributed by atoms with E-state index in [-0.39, 0.29) is 5.57 Å². The number of hydrogen-bond donors (Lipinski definition) is 1. The predicted molar refractivity (Wildman–Crippen MR) is 123 cm³/mol. The minimum absolute atomic E-state index is 0.00441. The second-order valence-corrected chi connectivity index (χ2v) is 6.96. The Balaban J connectivity index is 1.71. The van der Waals surface area contributed by atoms with Crippen LogP contribution in [0.1, 0.15) is 11.1 Å². The molecule has 0 heterocycles. The summed E-state index contributed by atoms with van der Waals surface area (Å²) in [5.41, 5.74) is 2.37. The van der Waals surface area contributed by atoms with Gasteiger partial charge >= 0.3 is 0 Å². The van der Waals surface area contributed by atoms with E-state index in [0.29, 0.717) is 23.6 Å². The fraction of sp³-hybridized carbons (Fsp3) is 0.0370. The van der Waals surface area contributed by atoms with E-state index in [4.69, 9.17) is 4.74 Å². The van der Waals surface area contributed by atoms with Crippen LogP contribution < -0.4 is 10.1 Å². The molecule has 4 heteroatoms. The van der Waals surface area contributed by atoms with Crippen LogP contribution in [0, 0.1) is 11.3 Å². The van der Waals surface area contributed by atoms with Gasteiger partial charge in [0.25, 0.3) is 5.91 Å². The van der Waals surface area contributed by atoms with Crippen molar-refractivity contribution in [2.45, 2.75) is 6.61 Å². The van der Waals surface area contributed by atoms with Gasteiger partial charge in [0.05, 0.1) is 0 Å². The van der Waals surface area contributed by atoms with Gasteiger partial charge in [0.1, 0.15) is 24.0 Å². The first-order chi connectivity index (χ1) is 15.2. The number of amides is 1. The molecule has 0 bridgehead atoms. The van der Waals surface area contributed by atoms with Crippen molar-refractivity contribution in [2.24, 2.45) is 0 Å². The van der Waals surface area contributed by atoms with Gasteiger partial charge in [-0.15, -0.1) is 0 Å². The number of anilines is 1. The second kappa shape index (κ2) is 9.43. The van der Waals surface area contributed by atoms with Crippen molar-refractivity contribution < 1.29 is 9.53 Å². The lowest BCUT2D eigenvalue weighted by molar-refractivity contribution is -0.112. The number of hydrogen-bond acceptors (Lipinski definition) is 3. The van der Waals surface area contributed by atoms with Gasteiger partial charge in [0, 0.05) is 11.3 Å². The SMILES string of the molecule is N#CC(=Cc1c(OCc2ccccc2)ccc2ccccc12)C(=O)Nc1ccccc1. The average Bonchev–Trinajstić information content (AvgIpc) is 2.82. The first-order valence-corrected chi connectivity index (χ1v) is 9.91. The number of carbonyl (C=O) groups is 1. The minimum atomic E-state index is -0.462. The number of nitrogens with zero attached hydrogens (tertiary/aromatic N) is 1. The molecular weight excluding hydrogens is 384 g/mol. The van der Waals surface area contributed by atoms with Crippen molar-refractivity contribution in [1.29, 1.82) is 5.26 Å². The predicted octanol–water partition coefficient (Wildman–Crippen LogP) is 5.96. The van der Waals surface area contributed by atoms with E-state index in [0.717, 1.165) is 16.3 Å². The second-order valence-electron chi connectivity index (χ2n) is 6.96. The normalized spacial score (nSPS) is 11.0. The zero-order valence-electron chi connectivity index (χ0n) is 16.8. The van der Waals surface area contributed by atoms with Gasteiger partial charge in [-0.2, -0.15) is 5.26 Å². The fourth-order valence-corrected chi connectivity index (χ4v) is 3.30. The van der Waals surface area contributed by atoms with Crippen molar-refractivity contribution in [1.82, 2.24) is 0 Å². The molecule has 0 radical (unpaired) electrons. The Morgan fingerprint density at radius 1 is 0.871 bits per heavy atom. The first kappa shape index (κ1) is 19.9. The Morgan fingerprint density at radius 3 is 2.29 bits per heavy atom.